The second-order valence-electron chi connectivity index (χ2n) is 22.4. The average Bonchev–Trinajstić information content (AvgIpc) is 3.41. The largest absolute Gasteiger partial charge is 0.462 e. The number of carbonyl (C=O) groups excluding carboxylic acids is 3. The zero-order valence-electron chi connectivity index (χ0n) is 50.3. The van der Waals surface area contributed by atoms with E-state index in [0.29, 0.717) is 19.3 Å². The first-order chi connectivity index (χ1) is 37.0. The molecule has 0 N–H and O–H groups in total. The van der Waals surface area contributed by atoms with Crippen molar-refractivity contribution < 1.29 is 28.6 Å². The van der Waals surface area contributed by atoms with E-state index in [-0.39, 0.29) is 31.1 Å². The van der Waals surface area contributed by atoms with Crippen LogP contribution in [0.3, 0.4) is 0 Å². The number of rotatable bonds is 61. The third kappa shape index (κ3) is 62.1. The van der Waals surface area contributed by atoms with Crippen LogP contribution in [0.25, 0.3) is 0 Å². The molecular weight excluding hydrogens is 925 g/mol. The Labute approximate surface area is 467 Å². The van der Waals surface area contributed by atoms with Crippen molar-refractivity contribution in [1.29, 1.82) is 0 Å². The van der Waals surface area contributed by atoms with Crippen LogP contribution in [0.15, 0.2) is 48.6 Å². The van der Waals surface area contributed by atoms with Crippen molar-refractivity contribution in [2.45, 2.75) is 361 Å². The second-order valence-corrected chi connectivity index (χ2v) is 22.4. The lowest BCUT2D eigenvalue weighted by Gasteiger charge is -2.18. The highest BCUT2D eigenvalue weighted by Gasteiger charge is 2.19. The van der Waals surface area contributed by atoms with Crippen LogP contribution in [0.4, 0.5) is 0 Å². The molecule has 0 aromatic carbocycles. The second kappa shape index (κ2) is 63.9. The van der Waals surface area contributed by atoms with Crippen LogP contribution < -0.4 is 0 Å². The molecule has 0 amide bonds. The first kappa shape index (κ1) is 72.4. The Hall–Kier alpha value is -2.63. The van der Waals surface area contributed by atoms with E-state index < -0.39 is 6.10 Å². The number of ether oxygens (including phenoxy) is 3. The van der Waals surface area contributed by atoms with Crippen LogP contribution in [0.1, 0.15) is 355 Å². The van der Waals surface area contributed by atoms with Gasteiger partial charge < -0.3 is 14.2 Å². The number of unbranched alkanes of at least 4 members (excludes halogenated alkanes) is 42. The lowest BCUT2D eigenvalue weighted by atomic mass is 10.0. The minimum absolute atomic E-state index is 0.0796. The molecule has 75 heavy (non-hydrogen) atoms. The molecular formula is C69H126O6. The van der Waals surface area contributed by atoms with Crippen LogP contribution in [0, 0.1) is 0 Å². The summed E-state index contributed by atoms with van der Waals surface area (Å²) in [5.74, 6) is -0.890. The highest BCUT2D eigenvalue weighted by atomic mass is 16.6. The van der Waals surface area contributed by atoms with E-state index in [1.54, 1.807) is 0 Å². The van der Waals surface area contributed by atoms with E-state index in [2.05, 4.69) is 69.4 Å². The predicted molar refractivity (Wildman–Crippen MR) is 325 cm³/mol. The smallest absolute Gasteiger partial charge is 0.306 e. The van der Waals surface area contributed by atoms with Crippen LogP contribution in [0.2, 0.25) is 0 Å². The van der Waals surface area contributed by atoms with Gasteiger partial charge >= 0.3 is 17.9 Å². The maximum atomic E-state index is 12.9. The van der Waals surface area contributed by atoms with Gasteiger partial charge in [0.1, 0.15) is 13.2 Å². The molecule has 0 aromatic rings. The van der Waals surface area contributed by atoms with E-state index >= 15 is 0 Å². The Balaban J connectivity index is 4.28. The lowest BCUT2D eigenvalue weighted by molar-refractivity contribution is -0.167. The third-order valence-electron chi connectivity index (χ3n) is 14.8. The van der Waals surface area contributed by atoms with Gasteiger partial charge in [-0.2, -0.15) is 0 Å². The first-order valence-corrected chi connectivity index (χ1v) is 33.1. The van der Waals surface area contributed by atoms with Crippen LogP contribution in [-0.4, -0.2) is 37.2 Å². The van der Waals surface area contributed by atoms with Crippen molar-refractivity contribution in [3.8, 4) is 0 Å². The van der Waals surface area contributed by atoms with Gasteiger partial charge in [0.25, 0.3) is 0 Å². The molecule has 0 rings (SSSR count). The van der Waals surface area contributed by atoms with Gasteiger partial charge in [-0.3, -0.25) is 14.4 Å². The maximum Gasteiger partial charge on any atom is 0.306 e. The molecule has 0 heterocycles. The van der Waals surface area contributed by atoms with Gasteiger partial charge in [-0.25, -0.2) is 0 Å². The van der Waals surface area contributed by atoms with E-state index in [9.17, 15) is 14.4 Å². The van der Waals surface area contributed by atoms with Crippen LogP contribution in [-0.2, 0) is 28.6 Å². The van der Waals surface area contributed by atoms with E-state index in [0.717, 1.165) is 83.5 Å². The molecule has 0 saturated heterocycles. The fourth-order valence-electron chi connectivity index (χ4n) is 9.87. The summed E-state index contributed by atoms with van der Waals surface area (Å²) >= 11 is 0. The molecule has 0 aliphatic rings. The molecule has 1 unspecified atom stereocenters. The fraction of sp³-hybridized carbons (Fsp3) is 0.841. The van der Waals surface area contributed by atoms with E-state index in [1.807, 2.05) is 0 Å². The average molecular weight is 1050 g/mol. The van der Waals surface area contributed by atoms with Crippen molar-refractivity contribution in [3.63, 3.8) is 0 Å². The summed E-state index contributed by atoms with van der Waals surface area (Å²) in [5, 5.41) is 0. The van der Waals surface area contributed by atoms with Crippen molar-refractivity contribution in [3.05, 3.63) is 48.6 Å². The Bertz CT molecular complexity index is 1300. The molecule has 0 spiro atoms. The zero-order chi connectivity index (χ0) is 54.3. The summed E-state index contributed by atoms with van der Waals surface area (Å²) in [6.45, 7) is 6.56. The Morgan fingerprint density at radius 1 is 0.280 bits per heavy atom. The molecule has 0 aliphatic carbocycles. The summed E-state index contributed by atoms with van der Waals surface area (Å²) in [6, 6.07) is 0. The molecule has 6 nitrogen and oxygen atoms in total. The van der Waals surface area contributed by atoms with Gasteiger partial charge in [0.05, 0.1) is 0 Å². The maximum absolute atomic E-state index is 12.9. The number of hydrogen-bond acceptors (Lipinski definition) is 6. The summed E-state index contributed by atoms with van der Waals surface area (Å²) in [6.07, 6.45) is 79.9. The van der Waals surface area contributed by atoms with Gasteiger partial charge in [-0.1, -0.05) is 307 Å². The molecule has 0 fully saturated rings. The zero-order valence-corrected chi connectivity index (χ0v) is 50.3. The fourth-order valence-corrected chi connectivity index (χ4v) is 9.87. The molecule has 0 radical (unpaired) electrons. The normalized spacial score (nSPS) is 12.3. The SMILES string of the molecule is CC/C=C\C/C=C\C/C=C\CCCCCC(=O)OCC(COC(=O)CCCCCCCCCCCCCCCCCCCCCCCCC)OC(=O)CCCCCCCCCCC/C=C\CCCCCCCCCC. The Morgan fingerprint density at radius 2 is 0.520 bits per heavy atom. The molecule has 438 valence electrons. The highest BCUT2D eigenvalue weighted by Crippen LogP contribution is 2.18. The summed E-state index contributed by atoms with van der Waals surface area (Å²) in [7, 11) is 0. The Morgan fingerprint density at radius 3 is 0.840 bits per heavy atom. The van der Waals surface area contributed by atoms with E-state index in [1.165, 1.54) is 231 Å². The van der Waals surface area contributed by atoms with Crippen LogP contribution >= 0.6 is 0 Å². The molecule has 6 heteroatoms. The monoisotopic (exact) mass is 1050 g/mol. The summed E-state index contributed by atoms with van der Waals surface area (Å²) in [4.78, 5) is 38.3. The van der Waals surface area contributed by atoms with Crippen molar-refractivity contribution in [1.82, 2.24) is 0 Å². The third-order valence-corrected chi connectivity index (χ3v) is 14.8. The van der Waals surface area contributed by atoms with Crippen molar-refractivity contribution in [2.75, 3.05) is 13.2 Å². The lowest BCUT2D eigenvalue weighted by Crippen LogP contribution is -2.30. The summed E-state index contributed by atoms with van der Waals surface area (Å²) in [5.41, 5.74) is 0. The van der Waals surface area contributed by atoms with Gasteiger partial charge in [0.15, 0.2) is 6.10 Å². The molecule has 0 saturated carbocycles. The standard InChI is InChI=1S/C69H126O6/c1-4-7-10-13-16-19-22-25-27-29-31-33-34-36-37-39-41-44-47-50-53-56-59-62-68(71)74-65-66(64-73-67(70)61-58-55-52-49-46-43-24-21-18-15-12-9-6-3)75-69(72)63-60-57-54-51-48-45-42-40-38-35-32-30-28-26-23-20-17-14-11-8-5-2/h9,12,18,21,30,32,43,46,66H,4-8,10-11,13-17,19-20,22-29,31,33-42,44-45,47-65H2,1-3H3/b12-9-,21-18-,32-30-,46-43-. The Kier molecular flexibility index (Phi) is 61.7. The molecule has 0 bridgehead atoms. The quantitative estimate of drug-likeness (QED) is 0.0261. The molecule has 0 aromatic heterocycles. The highest BCUT2D eigenvalue weighted by molar-refractivity contribution is 5.71. The van der Waals surface area contributed by atoms with E-state index in [4.69, 9.17) is 14.2 Å². The topological polar surface area (TPSA) is 78.9 Å². The first-order valence-electron chi connectivity index (χ1n) is 33.1. The van der Waals surface area contributed by atoms with Crippen molar-refractivity contribution in [2.24, 2.45) is 0 Å². The minimum atomic E-state index is -0.785. The van der Waals surface area contributed by atoms with Gasteiger partial charge in [-0.15, -0.1) is 0 Å². The van der Waals surface area contributed by atoms with Gasteiger partial charge in [0, 0.05) is 19.3 Å². The molecule has 1 atom stereocenters. The van der Waals surface area contributed by atoms with Gasteiger partial charge in [0.2, 0.25) is 0 Å². The number of allylic oxidation sites excluding steroid dienone is 8. The predicted octanol–water partition coefficient (Wildman–Crippen LogP) is 22.6. The van der Waals surface area contributed by atoms with Crippen LogP contribution in [0.5, 0.6) is 0 Å². The number of esters is 3. The number of hydrogen-bond donors (Lipinski definition) is 0. The minimum Gasteiger partial charge on any atom is -0.462 e. The van der Waals surface area contributed by atoms with Gasteiger partial charge in [-0.05, 0) is 77.0 Å². The molecule has 0 aliphatic heterocycles. The van der Waals surface area contributed by atoms with Crippen molar-refractivity contribution >= 4 is 17.9 Å². The number of carbonyl (C=O) groups is 3. The summed E-state index contributed by atoms with van der Waals surface area (Å²) < 4.78 is 16.9.